The van der Waals surface area contributed by atoms with E-state index >= 15 is 0 Å². The smallest absolute Gasteiger partial charge is 0.354 e. The molecular weight excluding hydrogens is 232 g/mol. The molecule has 1 atom stereocenters. The van der Waals surface area contributed by atoms with Crippen LogP contribution >= 0.6 is 0 Å². The quantitative estimate of drug-likeness (QED) is 0.876. The number of carboxylic acids is 1. The summed E-state index contributed by atoms with van der Waals surface area (Å²) in [7, 11) is 0. The molecular formula is C11H9F2NO3. The number of aliphatic carboxylic acids is 1. The van der Waals surface area contributed by atoms with Crippen LogP contribution in [0.4, 0.5) is 8.78 Å². The Hall–Kier alpha value is -1.98. The highest BCUT2D eigenvalue weighted by molar-refractivity contribution is 6.04. The molecule has 0 radical (unpaired) electrons. The molecule has 0 saturated heterocycles. The summed E-state index contributed by atoms with van der Waals surface area (Å²) >= 11 is 0. The van der Waals surface area contributed by atoms with Gasteiger partial charge in [0.05, 0.1) is 12.1 Å². The predicted molar refractivity (Wildman–Crippen MR) is 55.0 cm³/mol. The lowest BCUT2D eigenvalue weighted by molar-refractivity contribution is -0.164. The minimum absolute atomic E-state index is 0.220. The maximum absolute atomic E-state index is 13.0. The molecule has 90 valence electrons. The molecule has 0 amide bonds. The Balaban J connectivity index is 2.25. The number of benzene rings is 1. The average molecular weight is 241 g/mol. The first-order chi connectivity index (χ1) is 8.07. The first-order valence-corrected chi connectivity index (χ1v) is 4.88. The lowest BCUT2D eigenvalue weighted by atomic mass is 9.95. The van der Waals surface area contributed by atoms with Gasteiger partial charge in [-0.15, -0.1) is 0 Å². The molecule has 6 heteroatoms. The summed E-state index contributed by atoms with van der Waals surface area (Å²) < 4.78 is 25.7. The predicted octanol–water partition coefficient (Wildman–Crippen LogP) is 1.74. The van der Waals surface area contributed by atoms with Gasteiger partial charge in [-0.25, -0.2) is 13.6 Å². The number of hydrogen-bond donors (Lipinski definition) is 1. The van der Waals surface area contributed by atoms with Crippen LogP contribution < -0.4 is 0 Å². The molecule has 0 aliphatic carbocycles. The molecule has 0 aromatic heterocycles. The third kappa shape index (κ3) is 1.98. The number of nitrogens with zero attached hydrogens (tertiary/aromatic N) is 1. The van der Waals surface area contributed by atoms with E-state index < -0.39 is 24.1 Å². The zero-order valence-electron chi connectivity index (χ0n) is 8.69. The summed E-state index contributed by atoms with van der Waals surface area (Å²) in [6, 6.07) is 5.46. The Kier molecular flexibility index (Phi) is 2.79. The van der Waals surface area contributed by atoms with Crippen molar-refractivity contribution in [3.05, 3.63) is 35.6 Å². The van der Waals surface area contributed by atoms with Gasteiger partial charge in [-0.05, 0) is 12.1 Å². The van der Waals surface area contributed by atoms with Crippen LogP contribution in [-0.4, -0.2) is 29.1 Å². The van der Waals surface area contributed by atoms with Crippen LogP contribution in [0.1, 0.15) is 12.0 Å². The normalized spacial score (nSPS) is 23.1. The zero-order valence-corrected chi connectivity index (χ0v) is 8.69. The van der Waals surface area contributed by atoms with Crippen LogP contribution in [0.5, 0.6) is 0 Å². The van der Waals surface area contributed by atoms with Gasteiger partial charge >= 0.3 is 5.97 Å². The van der Waals surface area contributed by atoms with Crippen molar-refractivity contribution in [3.8, 4) is 0 Å². The van der Waals surface area contributed by atoms with Crippen LogP contribution in [-0.2, 0) is 9.63 Å². The minimum Gasteiger partial charge on any atom is -0.478 e. The van der Waals surface area contributed by atoms with Crippen molar-refractivity contribution in [3.63, 3.8) is 0 Å². The molecule has 1 heterocycles. The molecule has 1 aromatic rings. The number of hydrogen-bond acceptors (Lipinski definition) is 3. The third-order valence-corrected chi connectivity index (χ3v) is 2.55. The second-order valence-corrected chi connectivity index (χ2v) is 3.75. The van der Waals surface area contributed by atoms with Gasteiger partial charge in [0.2, 0.25) is 0 Å². The van der Waals surface area contributed by atoms with Crippen LogP contribution in [0, 0.1) is 5.82 Å². The Morgan fingerprint density at radius 3 is 2.88 bits per heavy atom. The van der Waals surface area contributed by atoms with Crippen molar-refractivity contribution >= 4 is 11.7 Å². The molecule has 1 N–H and O–H groups in total. The molecule has 1 unspecified atom stereocenters. The van der Waals surface area contributed by atoms with Gasteiger partial charge in [-0.2, -0.15) is 0 Å². The molecule has 1 aliphatic heterocycles. The van der Waals surface area contributed by atoms with E-state index in [1.807, 2.05) is 0 Å². The summed E-state index contributed by atoms with van der Waals surface area (Å²) in [4.78, 5) is 15.5. The van der Waals surface area contributed by atoms with Crippen molar-refractivity contribution in [1.29, 1.82) is 0 Å². The van der Waals surface area contributed by atoms with Gasteiger partial charge in [-0.1, -0.05) is 17.3 Å². The SMILES string of the molecule is O=C(O)C1(CF)CC(c2cccc(F)c2)=NO1. The zero-order chi connectivity index (χ0) is 12.5. The summed E-state index contributed by atoms with van der Waals surface area (Å²) in [5.74, 6) is -1.89. The number of rotatable bonds is 3. The fourth-order valence-electron chi connectivity index (χ4n) is 1.54. The van der Waals surface area contributed by atoms with E-state index in [4.69, 9.17) is 5.11 Å². The first kappa shape index (κ1) is 11.5. The molecule has 1 aliphatic rings. The second kappa shape index (κ2) is 4.12. The van der Waals surface area contributed by atoms with Crippen LogP contribution in [0.15, 0.2) is 29.4 Å². The largest absolute Gasteiger partial charge is 0.478 e. The number of carbonyl (C=O) groups is 1. The fraction of sp³-hybridized carbons (Fsp3) is 0.273. The summed E-state index contributed by atoms with van der Waals surface area (Å²) in [6.07, 6.45) is -0.220. The van der Waals surface area contributed by atoms with E-state index in [1.165, 1.54) is 18.2 Å². The maximum atomic E-state index is 13.0. The molecule has 1 aromatic carbocycles. The summed E-state index contributed by atoms with van der Waals surface area (Å²) in [6.45, 7) is -1.19. The molecule has 0 bridgehead atoms. The molecule has 0 spiro atoms. The van der Waals surface area contributed by atoms with Gasteiger partial charge in [0.15, 0.2) is 0 Å². The van der Waals surface area contributed by atoms with Crippen molar-refractivity contribution < 1.29 is 23.5 Å². The topological polar surface area (TPSA) is 58.9 Å². The fourth-order valence-corrected chi connectivity index (χ4v) is 1.54. The monoisotopic (exact) mass is 241 g/mol. The van der Waals surface area contributed by atoms with Crippen LogP contribution in [0.2, 0.25) is 0 Å². The number of carboxylic acid groups (broad SMARTS) is 1. The second-order valence-electron chi connectivity index (χ2n) is 3.75. The highest BCUT2D eigenvalue weighted by Gasteiger charge is 2.47. The third-order valence-electron chi connectivity index (χ3n) is 2.55. The van der Waals surface area contributed by atoms with Gasteiger partial charge < -0.3 is 9.94 Å². The van der Waals surface area contributed by atoms with E-state index in [2.05, 4.69) is 9.99 Å². The standard InChI is InChI=1S/C11H9F2NO3/c12-6-11(10(15)16)5-9(14-17-11)7-2-1-3-8(13)4-7/h1-4H,5-6H2,(H,15,16). The Bertz CT molecular complexity index is 489. The number of halogens is 2. The van der Waals surface area contributed by atoms with Crippen molar-refractivity contribution in [2.45, 2.75) is 12.0 Å². The van der Waals surface area contributed by atoms with Crippen LogP contribution in [0.3, 0.4) is 0 Å². The lowest BCUT2D eigenvalue weighted by Crippen LogP contribution is -2.41. The molecule has 4 nitrogen and oxygen atoms in total. The van der Waals surface area contributed by atoms with Crippen molar-refractivity contribution in [2.75, 3.05) is 6.67 Å². The molecule has 2 rings (SSSR count). The van der Waals surface area contributed by atoms with Crippen molar-refractivity contribution in [2.24, 2.45) is 5.16 Å². The van der Waals surface area contributed by atoms with E-state index in [9.17, 15) is 13.6 Å². The molecule has 17 heavy (non-hydrogen) atoms. The maximum Gasteiger partial charge on any atom is 0.354 e. The lowest BCUT2D eigenvalue weighted by Gasteiger charge is -2.16. The Morgan fingerprint density at radius 1 is 1.59 bits per heavy atom. The average Bonchev–Trinajstić information content (AvgIpc) is 2.74. The Morgan fingerprint density at radius 2 is 2.35 bits per heavy atom. The van der Waals surface area contributed by atoms with Gasteiger partial charge in [0.25, 0.3) is 5.60 Å². The molecule has 0 fully saturated rings. The highest BCUT2D eigenvalue weighted by atomic mass is 19.1. The number of alkyl halides is 1. The van der Waals surface area contributed by atoms with E-state index in [0.29, 0.717) is 5.56 Å². The van der Waals surface area contributed by atoms with Crippen LogP contribution in [0.25, 0.3) is 0 Å². The van der Waals surface area contributed by atoms with E-state index in [-0.39, 0.29) is 12.1 Å². The summed E-state index contributed by atoms with van der Waals surface area (Å²) in [5, 5.41) is 12.4. The van der Waals surface area contributed by atoms with E-state index in [1.54, 1.807) is 6.07 Å². The van der Waals surface area contributed by atoms with Gasteiger partial charge in [-0.3, -0.25) is 0 Å². The van der Waals surface area contributed by atoms with E-state index in [0.717, 1.165) is 0 Å². The van der Waals surface area contributed by atoms with Gasteiger partial charge in [0, 0.05) is 5.56 Å². The minimum atomic E-state index is -1.97. The number of oxime groups is 1. The highest BCUT2D eigenvalue weighted by Crippen LogP contribution is 2.28. The molecule has 0 saturated carbocycles. The Labute approximate surface area is 95.5 Å². The first-order valence-electron chi connectivity index (χ1n) is 4.88. The summed E-state index contributed by atoms with van der Waals surface area (Å²) in [5.41, 5.74) is -1.35. The van der Waals surface area contributed by atoms with Gasteiger partial charge in [0.1, 0.15) is 12.5 Å². The van der Waals surface area contributed by atoms with Crippen molar-refractivity contribution in [1.82, 2.24) is 0 Å².